The van der Waals surface area contributed by atoms with E-state index in [4.69, 9.17) is 10.5 Å². The lowest BCUT2D eigenvalue weighted by Crippen LogP contribution is -2.62. The van der Waals surface area contributed by atoms with E-state index in [2.05, 4.69) is 6.92 Å². The van der Waals surface area contributed by atoms with Gasteiger partial charge in [0.05, 0.1) is 26.5 Å². The molecule has 3 unspecified atom stereocenters. The highest BCUT2D eigenvalue weighted by molar-refractivity contribution is 5.87. The summed E-state index contributed by atoms with van der Waals surface area (Å²) >= 11 is 0. The van der Waals surface area contributed by atoms with Crippen LogP contribution in [0.2, 0.25) is 0 Å². The molecule has 1 aliphatic rings. The highest BCUT2D eigenvalue weighted by Gasteiger charge is 2.51. The average Bonchev–Trinajstić information content (AvgIpc) is 3.09. The Bertz CT molecular complexity index is 563. The number of hydrogen-bond acceptors (Lipinski definition) is 6. The van der Waals surface area contributed by atoms with Crippen LogP contribution >= 0.6 is 0 Å². The van der Waals surface area contributed by atoms with Crippen LogP contribution in [0, 0.1) is 11.8 Å². The van der Waals surface area contributed by atoms with Gasteiger partial charge in [-0.2, -0.15) is 4.48 Å². The number of ether oxygens (including phenoxy) is 1. The molecule has 2 N–H and O–H groups in total. The number of methoxy groups -OCH3 is 1. The molecule has 1 rings (SSSR count). The molecule has 0 spiro atoms. The SMILES string of the molecule is CCCCCC(CC(=O)OC)C(=O)CC1CCC[N+]1(C=O)C(=O)[C@@H](N)C(C)C. The van der Waals surface area contributed by atoms with Gasteiger partial charge in [0.25, 0.3) is 0 Å². The van der Waals surface area contributed by atoms with Crippen molar-refractivity contribution in [1.82, 2.24) is 0 Å². The quantitative estimate of drug-likeness (QED) is 0.235. The molecule has 2 amide bonds. The number of nitrogens with two attached hydrogens (primary N) is 1. The molecule has 0 aliphatic carbocycles. The first kappa shape index (κ1) is 24.4. The molecule has 1 fully saturated rings. The molecule has 0 saturated carbocycles. The Kier molecular flexibility index (Phi) is 9.96. The lowest BCUT2D eigenvalue weighted by atomic mass is 9.89. The second-order valence-electron chi connectivity index (χ2n) is 8.31. The van der Waals surface area contributed by atoms with Gasteiger partial charge in [-0.15, -0.1) is 0 Å². The second-order valence-corrected chi connectivity index (χ2v) is 8.31. The van der Waals surface area contributed by atoms with Gasteiger partial charge in [-0.25, -0.2) is 9.59 Å². The molecule has 0 aromatic carbocycles. The number of carbonyl (C=O) groups excluding carboxylic acids is 4. The smallest absolute Gasteiger partial charge is 0.338 e. The minimum Gasteiger partial charge on any atom is -0.469 e. The van der Waals surface area contributed by atoms with Crippen molar-refractivity contribution in [2.45, 2.75) is 84.2 Å². The number of esters is 1. The molecule has 0 radical (unpaired) electrons. The summed E-state index contributed by atoms with van der Waals surface area (Å²) in [6, 6.07) is -1.13. The fraction of sp³-hybridized carbons (Fsp3) is 0.810. The Morgan fingerprint density at radius 3 is 2.46 bits per heavy atom. The number of amides is 2. The zero-order valence-corrected chi connectivity index (χ0v) is 17.8. The van der Waals surface area contributed by atoms with Crippen LogP contribution in [0.25, 0.3) is 0 Å². The summed E-state index contributed by atoms with van der Waals surface area (Å²) in [7, 11) is 1.31. The highest BCUT2D eigenvalue weighted by Crippen LogP contribution is 2.31. The van der Waals surface area contributed by atoms with Crippen molar-refractivity contribution in [2.24, 2.45) is 17.6 Å². The van der Waals surface area contributed by atoms with Crippen LogP contribution in [-0.4, -0.2) is 54.3 Å². The Balaban J connectivity index is 2.95. The van der Waals surface area contributed by atoms with Crippen molar-refractivity contribution in [2.75, 3.05) is 13.7 Å². The zero-order valence-electron chi connectivity index (χ0n) is 17.8. The van der Waals surface area contributed by atoms with Crippen molar-refractivity contribution in [3.05, 3.63) is 0 Å². The summed E-state index contributed by atoms with van der Waals surface area (Å²) in [5.41, 5.74) is 6.05. The Morgan fingerprint density at radius 1 is 1.25 bits per heavy atom. The standard InChI is InChI=1S/C21H37N2O5/c1-5-6-7-9-16(12-19(26)28-4)18(25)13-17-10-8-11-23(17,14-24)21(27)20(22)15(2)3/h14-17,20H,5-13,22H2,1-4H3/q+1/t16?,17?,20-,23?/m0/s1. The molecule has 7 heteroatoms. The van der Waals surface area contributed by atoms with Gasteiger partial charge in [-0.05, 0) is 12.3 Å². The van der Waals surface area contributed by atoms with E-state index >= 15 is 0 Å². The number of imide groups is 1. The van der Waals surface area contributed by atoms with E-state index in [1.807, 2.05) is 13.8 Å². The number of nitrogens with zero attached hydrogens (tertiary/aromatic N) is 1. The summed E-state index contributed by atoms with van der Waals surface area (Å²) in [6.45, 7) is 6.16. The van der Waals surface area contributed by atoms with Crippen molar-refractivity contribution < 1.29 is 28.4 Å². The molecule has 1 heterocycles. The molecule has 160 valence electrons. The zero-order chi connectivity index (χ0) is 21.3. The molecular formula is C21H37N2O5+. The van der Waals surface area contributed by atoms with Crippen LogP contribution < -0.4 is 5.73 Å². The highest BCUT2D eigenvalue weighted by atomic mass is 16.5. The number of rotatable bonds is 12. The third-order valence-corrected chi connectivity index (χ3v) is 6.01. The van der Waals surface area contributed by atoms with Gasteiger partial charge < -0.3 is 10.5 Å². The maximum Gasteiger partial charge on any atom is 0.338 e. The van der Waals surface area contributed by atoms with Crippen LogP contribution in [-0.2, 0) is 23.9 Å². The maximum absolute atomic E-state index is 13.0. The number of likely N-dealkylation sites (tertiary alicyclic amines) is 1. The van der Waals surface area contributed by atoms with E-state index in [1.54, 1.807) is 0 Å². The van der Waals surface area contributed by atoms with Crippen molar-refractivity contribution in [3.63, 3.8) is 0 Å². The van der Waals surface area contributed by atoms with Crippen molar-refractivity contribution in [1.29, 1.82) is 0 Å². The van der Waals surface area contributed by atoms with Gasteiger partial charge in [-0.1, -0.05) is 40.0 Å². The van der Waals surface area contributed by atoms with Gasteiger partial charge in [0, 0.05) is 18.8 Å². The minimum atomic E-state index is -0.740. The molecular weight excluding hydrogens is 360 g/mol. The normalized spacial score (nSPS) is 24.0. The molecule has 0 bridgehead atoms. The number of Topliss-reactive ketones (excluding diaryl/α,β-unsaturated/α-hetero) is 1. The molecule has 7 nitrogen and oxygen atoms in total. The van der Waals surface area contributed by atoms with E-state index in [0.717, 1.165) is 19.3 Å². The van der Waals surface area contributed by atoms with Crippen molar-refractivity contribution >= 4 is 24.1 Å². The fourth-order valence-corrected chi connectivity index (χ4v) is 4.01. The van der Waals surface area contributed by atoms with Crippen molar-refractivity contribution in [3.8, 4) is 0 Å². The van der Waals surface area contributed by atoms with Gasteiger partial charge in [0.15, 0.2) is 0 Å². The summed E-state index contributed by atoms with van der Waals surface area (Å²) in [4.78, 5) is 49.7. The van der Waals surface area contributed by atoms with Crippen LogP contribution in [0.1, 0.15) is 72.1 Å². The first-order chi connectivity index (χ1) is 13.2. The van der Waals surface area contributed by atoms with Crippen LogP contribution in [0.4, 0.5) is 0 Å². The summed E-state index contributed by atoms with van der Waals surface area (Å²) < 4.78 is 4.37. The lowest BCUT2D eigenvalue weighted by molar-refractivity contribution is -0.782. The monoisotopic (exact) mass is 397 g/mol. The van der Waals surface area contributed by atoms with Crippen LogP contribution in [0.5, 0.6) is 0 Å². The third-order valence-electron chi connectivity index (χ3n) is 6.01. The van der Waals surface area contributed by atoms with E-state index < -0.39 is 24.0 Å². The first-order valence-corrected chi connectivity index (χ1v) is 10.5. The van der Waals surface area contributed by atoms with Crippen LogP contribution in [0.3, 0.4) is 0 Å². The van der Waals surface area contributed by atoms with Gasteiger partial charge in [0.2, 0.25) is 0 Å². The molecule has 28 heavy (non-hydrogen) atoms. The molecule has 4 atom stereocenters. The molecule has 0 aromatic rings. The number of hydrogen-bond donors (Lipinski definition) is 1. The van der Waals surface area contributed by atoms with E-state index in [0.29, 0.717) is 32.2 Å². The molecule has 0 aromatic heterocycles. The number of unbranched alkanes of at least 4 members (excludes halogenated alkanes) is 2. The number of quaternary nitrogens is 1. The minimum absolute atomic E-state index is 0.0479. The van der Waals surface area contributed by atoms with E-state index in [1.165, 1.54) is 7.11 Å². The van der Waals surface area contributed by atoms with Gasteiger partial charge >= 0.3 is 18.3 Å². The van der Waals surface area contributed by atoms with E-state index in [-0.39, 0.29) is 34.9 Å². The second kappa shape index (κ2) is 11.4. The Labute approximate surface area is 168 Å². The van der Waals surface area contributed by atoms with Gasteiger partial charge in [0.1, 0.15) is 17.9 Å². The summed E-state index contributed by atoms with van der Waals surface area (Å²) in [5.74, 6) is -1.29. The lowest BCUT2D eigenvalue weighted by Gasteiger charge is -2.34. The maximum atomic E-state index is 13.0. The number of carbonyl (C=O) groups is 4. The van der Waals surface area contributed by atoms with Crippen LogP contribution in [0.15, 0.2) is 0 Å². The third kappa shape index (κ3) is 5.95. The number of ketones is 1. The Hall–Kier alpha value is -1.60. The summed E-state index contributed by atoms with van der Waals surface area (Å²) in [6.07, 6.45) is 5.65. The molecule has 1 saturated heterocycles. The summed E-state index contributed by atoms with van der Waals surface area (Å²) in [5, 5.41) is 0. The average molecular weight is 398 g/mol. The largest absolute Gasteiger partial charge is 0.469 e. The topological polar surface area (TPSA) is 104 Å². The molecule has 1 aliphatic heterocycles. The predicted molar refractivity (Wildman–Crippen MR) is 106 cm³/mol. The van der Waals surface area contributed by atoms with Gasteiger partial charge in [-0.3, -0.25) is 9.59 Å². The fourth-order valence-electron chi connectivity index (χ4n) is 4.01. The Morgan fingerprint density at radius 2 is 1.93 bits per heavy atom. The van der Waals surface area contributed by atoms with E-state index in [9.17, 15) is 19.2 Å². The predicted octanol–water partition coefficient (Wildman–Crippen LogP) is 2.35. The first-order valence-electron chi connectivity index (χ1n) is 10.5.